The van der Waals surface area contributed by atoms with Crippen LogP contribution < -0.4 is 5.32 Å². The zero-order valence-corrected chi connectivity index (χ0v) is 10.1. The van der Waals surface area contributed by atoms with Gasteiger partial charge in [0.1, 0.15) is 5.02 Å². The highest BCUT2D eigenvalue weighted by Gasteiger charge is 2.21. The van der Waals surface area contributed by atoms with Crippen molar-refractivity contribution in [2.24, 2.45) is 0 Å². The molecule has 8 nitrogen and oxygen atoms in total. The van der Waals surface area contributed by atoms with Gasteiger partial charge in [0.05, 0.1) is 17.0 Å². The molecule has 0 aliphatic carbocycles. The van der Waals surface area contributed by atoms with Crippen LogP contribution in [0.3, 0.4) is 0 Å². The molecule has 0 radical (unpaired) electrons. The lowest BCUT2D eigenvalue weighted by Gasteiger charge is -2.08. The SMILES string of the molecule is O=C(NC[C@H](O)C(=O)O)c1cccc([N+](=O)[O-])c1Cl. The number of carboxylic acids is 1. The van der Waals surface area contributed by atoms with Crippen LogP contribution in [0.5, 0.6) is 0 Å². The molecule has 3 N–H and O–H groups in total. The molecule has 0 saturated heterocycles. The largest absolute Gasteiger partial charge is 0.479 e. The molecule has 0 aromatic heterocycles. The highest BCUT2D eigenvalue weighted by atomic mass is 35.5. The van der Waals surface area contributed by atoms with Gasteiger partial charge in [-0.2, -0.15) is 0 Å². The summed E-state index contributed by atoms with van der Waals surface area (Å²) in [6.07, 6.45) is -1.76. The Morgan fingerprint density at radius 2 is 2.11 bits per heavy atom. The van der Waals surface area contributed by atoms with Gasteiger partial charge in [-0.05, 0) is 6.07 Å². The fourth-order valence-corrected chi connectivity index (χ4v) is 1.49. The highest BCUT2D eigenvalue weighted by Crippen LogP contribution is 2.27. The lowest BCUT2D eigenvalue weighted by atomic mass is 10.2. The number of hydrogen-bond acceptors (Lipinski definition) is 5. The van der Waals surface area contributed by atoms with Gasteiger partial charge in [-0.25, -0.2) is 4.79 Å². The Labute approximate surface area is 111 Å². The van der Waals surface area contributed by atoms with Crippen molar-refractivity contribution >= 4 is 29.2 Å². The maximum atomic E-state index is 11.6. The average Bonchev–Trinajstić information content (AvgIpc) is 2.35. The second-order valence-electron chi connectivity index (χ2n) is 3.46. The third kappa shape index (κ3) is 3.63. The molecule has 1 atom stereocenters. The summed E-state index contributed by atoms with van der Waals surface area (Å²) in [5.41, 5.74) is -0.610. The molecule has 0 bridgehead atoms. The molecule has 9 heteroatoms. The van der Waals surface area contributed by atoms with Crippen LogP contribution in [0, 0.1) is 10.1 Å². The number of rotatable bonds is 5. The molecule has 0 saturated carbocycles. The first-order valence-corrected chi connectivity index (χ1v) is 5.34. The summed E-state index contributed by atoms with van der Waals surface area (Å²) in [6, 6.07) is 3.65. The van der Waals surface area contributed by atoms with Gasteiger partial charge in [0.2, 0.25) is 0 Å². The number of hydrogen-bond donors (Lipinski definition) is 3. The Kier molecular flexibility index (Phi) is 4.79. The molecule has 0 aliphatic heterocycles. The minimum atomic E-state index is -1.76. The van der Waals surface area contributed by atoms with Gasteiger partial charge in [-0.1, -0.05) is 17.7 Å². The quantitative estimate of drug-likeness (QED) is 0.532. The lowest BCUT2D eigenvalue weighted by molar-refractivity contribution is -0.384. The first kappa shape index (κ1) is 14.9. The Hall–Kier alpha value is -2.19. The number of benzene rings is 1. The maximum Gasteiger partial charge on any atom is 0.334 e. The van der Waals surface area contributed by atoms with Crippen LogP contribution in [0.15, 0.2) is 18.2 Å². The summed E-state index contributed by atoms with van der Waals surface area (Å²) in [5, 5.41) is 29.8. The second-order valence-corrected chi connectivity index (χ2v) is 3.84. The lowest BCUT2D eigenvalue weighted by Crippen LogP contribution is -2.36. The van der Waals surface area contributed by atoms with Gasteiger partial charge < -0.3 is 15.5 Å². The summed E-state index contributed by atoms with van der Waals surface area (Å²) >= 11 is 5.70. The molecule has 102 valence electrons. The molecule has 0 fully saturated rings. The van der Waals surface area contributed by atoms with Crippen LogP contribution in [-0.4, -0.2) is 39.7 Å². The number of nitro benzene ring substituents is 1. The van der Waals surface area contributed by atoms with E-state index in [1.807, 2.05) is 0 Å². The fourth-order valence-electron chi connectivity index (χ4n) is 1.21. The monoisotopic (exact) mass is 288 g/mol. The van der Waals surface area contributed by atoms with Crippen LogP contribution in [-0.2, 0) is 4.79 Å². The number of aliphatic hydroxyl groups is 1. The van der Waals surface area contributed by atoms with Crippen molar-refractivity contribution < 1.29 is 24.7 Å². The van der Waals surface area contributed by atoms with E-state index in [1.54, 1.807) is 0 Å². The summed E-state index contributed by atoms with van der Waals surface area (Å²) in [4.78, 5) is 31.9. The molecule has 0 heterocycles. The number of aliphatic hydroxyl groups excluding tert-OH is 1. The fraction of sp³-hybridized carbons (Fsp3) is 0.200. The minimum absolute atomic E-state index is 0.173. The topological polar surface area (TPSA) is 130 Å². The number of nitro groups is 1. The standard InChI is InChI=1S/C10H9ClN2O6/c11-8-5(2-1-3-6(8)13(18)19)9(15)12-4-7(14)10(16)17/h1-3,7,14H,4H2,(H,12,15)(H,16,17)/t7-/m0/s1. The van der Waals surface area contributed by atoms with E-state index in [0.29, 0.717) is 0 Å². The zero-order chi connectivity index (χ0) is 14.6. The van der Waals surface area contributed by atoms with E-state index < -0.39 is 35.1 Å². The van der Waals surface area contributed by atoms with Gasteiger partial charge in [-0.15, -0.1) is 0 Å². The van der Waals surface area contributed by atoms with Gasteiger partial charge in [0, 0.05) is 6.07 Å². The third-order valence-electron chi connectivity index (χ3n) is 2.16. The number of aliphatic carboxylic acids is 1. The van der Waals surface area contributed by atoms with Gasteiger partial charge in [0.15, 0.2) is 6.10 Å². The first-order chi connectivity index (χ1) is 8.84. The first-order valence-electron chi connectivity index (χ1n) is 4.96. The van der Waals surface area contributed by atoms with Gasteiger partial charge in [0.25, 0.3) is 11.6 Å². The number of amides is 1. The van der Waals surface area contributed by atoms with E-state index in [2.05, 4.69) is 5.32 Å². The third-order valence-corrected chi connectivity index (χ3v) is 2.56. The van der Waals surface area contributed by atoms with Crippen LogP contribution in [0.4, 0.5) is 5.69 Å². The number of halogens is 1. The molecule has 1 aromatic rings. The molecule has 1 rings (SSSR count). The molecule has 0 unspecified atom stereocenters. The van der Waals surface area contributed by atoms with Crippen molar-refractivity contribution in [2.75, 3.05) is 6.54 Å². The molecular formula is C10H9ClN2O6. The van der Waals surface area contributed by atoms with Crippen LogP contribution >= 0.6 is 11.6 Å². The number of nitrogens with zero attached hydrogens (tertiary/aromatic N) is 1. The van der Waals surface area contributed by atoms with Crippen LogP contribution in [0.25, 0.3) is 0 Å². The minimum Gasteiger partial charge on any atom is -0.479 e. The van der Waals surface area contributed by atoms with Crippen molar-refractivity contribution in [1.29, 1.82) is 0 Å². The van der Waals surface area contributed by atoms with E-state index in [0.717, 1.165) is 6.07 Å². The molecule has 0 aliphatic rings. The molecule has 1 amide bonds. The Morgan fingerprint density at radius 3 is 2.63 bits per heavy atom. The average molecular weight is 289 g/mol. The summed E-state index contributed by atoms with van der Waals surface area (Å²) in [6.45, 7) is -0.535. The Morgan fingerprint density at radius 1 is 1.47 bits per heavy atom. The Balaban J connectivity index is 2.86. The van der Waals surface area contributed by atoms with Crippen molar-refractivity contribution in [1.82, 2.24) is 5.32 Å². The van der Waals surface area contributed by atoms with Crippen molar-refractivity contribution in [3.05, 3.63) is 38.9 Å². The van der Waals surface area contributed by atoms with Crippen LogP contribution in [0.2, 0.25) is 5.02 Å². The second kappa shape index (κ2) is 6.12. The number of carboxylic acid groups (broad SMARTS) is 1. The smallest absolute Gasteiger partial charge is 0.334 e. The van der Waals surface area contributed by atoms with Crippen molar-refractivity contribution in [3.63, 3.8) is 0 Å². The highest BCUT2D eigenvalue weighted by molar-refractivity contribution is 6.35. The Bertz CT molecular complexity index is 533. The van der Waals surface area contributed by atoms with E-state index >= 15 is 0 Å². The van der Waals surface area contributed by atoms with E-state index in [4.69, 9.17) is 21.8 Å². The molecule has 0 spiro atoms. The van der Waals surface area contributed by atoms with Crippen LogP contribution in [0.1, 0.15) is 10.4 Å². The summed E-state index contributed by atoms with van der Waals surface area (Å²) < 4.78 is 0. The molecule has 1 aromatic carbocycles. The van der Waals surface area contributed by atoms with Crippen molar-refractivity contribution in [3.8, 4) is 0 Å². The zero-order valence-electron chi connectivity index (χ0n) is 9.37. The molecular weight excluding hydrogens is 280 g/mol. The van der Waals surface area contributed by atoms with Gasteiger partial charge >= 0.3 is 5.97 Å². The normalized spacial score (nSPS) is 11.7. The predicted molar refractivity (Wildman–Crippen MR) is 64.1 cm³/mol. The van der Waals surface area contributed by atoms with E-state index in [1.165, 1.54) is 12.1 Å². The number of carbonyl (C=O) groups excluding carboxylic acids is 1. The van der Waals surface area contributed by atoms with Crippen molar-refractivity contribution in [2.45, 2.75) is 6.10 Å². The summed E-state index contributed by atoms with van der Waals surface area (Å²) in [5.74, 6) is -2.31. The number of nitrogens with one attached hydrogen (secondary N) is 1. The predicted octanol–water partition coefficient (Wildman–Crippen LogP) is 0.424. The molecule has 19 heavy (non-hydrogen) atoms. The number of carbonyl (C=O) groups is 2. The van der Waals surface area contributed by atoms with E-state index in [-0.39, 0.29) is 10.6 Å². The summed E-state index contributed by atoms with van der Waals surface area (Å²) in [7, 11) is 0. The maximum absolute atomic E-state index is 11.6. The van der Waals surface area contributed by atoms with E-state index in [9.17, 15) is 19.7 Å². The van der Waals surface area contributed by atoms with Gasteiger partial charge in [-0.3, -0.25) is 14.9 Å².